The van der Waals surface area contributed by atoms with E-state index in [0.717, 1.165) is 110 Å². The van der Waals surface area contributed by atoms with Crippen LogP contribution in [0.25, 0.3) is 0 Å². The van der Waals surface area contributed by atoms with Crippen LogP contribution in [-0.4, -0.2) is 181 Å². The first-order valence-electron chi connectivity index (χ1n) is 46.3. The topological polar surface area (TPSA) is 381 Å². The van der Waals surface area contributed by atoms with Gasteiger partial charge in [-0.1, -0.05) is 214 Å². The van der Waals surface area contributed by atoms with Crippen LogP contribution in [0.4, 0.5) is 13.2 Å². The molecule has 20 atom stereocenters. The predicted octanol–water partition coefficient (Wildman–Crippen LogP) is 8.75. The number of nitrogens with one attached hydrogen (secondary N) is 3. The van der Waals surface area contributed by atoms with Crippen molar-refractivity contribution in [2.45, 2.75) is 312 Å². The molecule has 706 valence electrons. The number of hydrogen-bond donors (Lipinski definition) is 8. The number of carboxylic acid groups (broad SMARTS) is 2. The molecule has 4 unspecified atom stereocenters. The van der Waals surface area contributed by atoms with Crippen molar-refractivity contribution in [3.8, 4) is 0 Å². The minimum Gasteiger partial charge on any atom is -1.00 e. The number of nitrogens with two attached hydrogens (primary N) is 2. The molecule has 34 heteroatoms. The third kappa shape index (κ3) is 26.4. The first-order valence-corrected chi connectivity index (χ1v) is 50.1. The van der Waals surface area contributed by atoms with Gasteiger partial charge in [-0.3, -0.25) is 19.2 Å². The van der Waals surface area contributed by atoms with E-state index in [2.05, 4.69) is 77.1 Å². The molecule has 0 amide bonds. The molecule has 20 rings (SSSR count). The fourth-order valence-electron chi connectivity index (χ4n) is 22.4. The van der Waals surface area contributed by atoms with Crippen LogP contribution in [0.2, 0.25) is 17.5 Å². The molecule has 3 aliphatic heterocycles. The van der Waals surface area contributed by atoms with Gasteiger partial charge in [0.05, 0.1) is 65.8 Å². The van der Waals surface area contributed by atoms with Gasteiger partial charge in [-0.15, -0.1) is 0 Å². The molecule has 0 spiro atoms. The van der Waals surface area contributed by atoms with Gasteiger partial charge in [0.25, 0.3) is 0 Å². The molecule has 16 fully saturated rings. The second-order valence-corrected chi connectivity index (χ2v) is 45.4. The molecule has 13 aliphatic carbocycles. The van der Waals surface area contributed by atoms with E-state index in [9.17, 15) is 59.2 Å². The third-order valence-electron chi connectivity index (χ3n) is 31.1. The summed E-state index contributed by atoms with van der Waals surface area (Å²) in [5.41, 5.74) is 17.0. The van der Waals surface area contributed by atoms with Crippen molar-refractivity contribution in [2.75, 3.05) is 19.6 Å². The quantitative estimate of drug-likeness (QED) is 0.0199. The molecule has 3 heterocycles. The lowest BCUT2D eigenvalue weighted by Crippen LogP contribution is -3.00. The minimum absolute atomic E-state index is 0. The van der Waals surface area contributed by atoms with Crippen LogP contribution < -0.4 is 43.7 Å². The number of benzene rings is 4. The highest BCUT2D eigenvalue weighted by Gasteiger charge is 2.72. The largest absolute Gasteiger partial charge is 1.00 e. The molecule has 0 aromatic heterocycles. The van der Waals surface area contributed by atoms with E-state index in [4.69, 9.17) is 54.4 Å². The number of ketones is 3. The Labute approximate surface area is 764 Å². The normalized spacial score (nSPS) is 29.7. The number of carbonyl (C=O) groups is 5. The number of halogens is 4. The Morgan fingerprint density at radius 1 is 0.477 bits per heavy atom. The number of sulfonamides is 2. The van der Waals surface area contributed by atoms with Crippen LogP contribution in [-0.2, 0) is 97.6 Å². The fourth-order valence-corrected chi connectivity index (χ4v) is 23.8. The lowest BCUT2D eigenvalue weighted by atomic mass is 9.43. The fraction of sp³-hybridized carbons (Fsp3) is 0.691. The molecule has 10 N–H and O–H groups in total. The standard InChI is InChI=1S/C26H38BNO5S.C25H36BNO3.C16H24BNO5S.C15H26BNO2.C10H13NO2.C2HF3O2.ClH/c1-25(2)19-14-23(25)26(3)24(15-19)32-27(33-26)20(12-18-10-11-18)16-22(29)21(28-34(4,30)31)13-17-8-6-5-7-9-17;1-24(2)18-13-22(24)25(3)23(14-18)29-26(30-25)19(11-17-9-10-17)15-21(28)20(27)12-16-7-5-4-6-8-16;1-24(22,23)18-15(10-12-5-3-2-4-6-12)16(19)11-14(17(20)21)9-13-7-8-13;1-14(2)10-7-11(14)15(3)12(8-10)18-16(19-15)13(17)6-9-4-5-9;1-11-9(10(12)13)7-8-5-3-2-4-6-8;3-2(4,5)1(6)7;/h5-9,18-21,23-24,28H,10-16H2,1-4H3;4-8,17-20,22-23H,9-15,27H2,1-3H3;2-6,13-15,18,20-21H,7-11H2,1H3;9-13H,4-8,17H2,1-3H3;2-6,9,11H,7H2,1H3,(H,12,13);(H,6,7);1H/p-2/t19-,20+,21?,23-,24+,26-;18-,19+,20?,22-,23+,25-;14-,15?;10-,11-,12+,13-,15-;;;/m0010.../s1. The van der Waals surface area contributed by atoms with Gasteiger partial charge in [0.1, 0.15) is 17.8 Å². The molecule has 3 saturated heterocycles. The summed E-state index contributed by atoms with van der Waals surface area (Å²) in [7, 11) is -7.81. The number of rotatable bonds is 35. The number of hydrogen-bond acceptors (Lipinski definition) is 21. The number of likely N-dealkylation sites (N-methyl/N-ethyl adjacent to an activating group) is 1. The summed E-state index contributed by atoms with van der Waals surface area (Å²) >= 11 is 0. The van der Waals surface area contributed by atoms with Crippen LogP contribution >= 0.6 is 0 Å². The number of carbonyl (C=O) groups excluding carboxylic acids is 4. The van der Waals surface area contributed by atoms with Gasteiger partial charge in [-0.2, -0.15) is 13.2 Å². The van der Waals surface area contributed by atoms with Gasteiger partial charge in [-0.05, 0) is 215 Å². The van der Waals surface area contributed by atoms with E-state index in [0.29, 0.717) is 78.4 Å². The summed E-state index contributed by atoms with van der Waals surface area (Å²) < 4.78 is 123. The second-order valence-electron chi connectivity index (χ2n) is 41.8. The Balaban J connectivity index is 0.000000156. The van der Waals surface area contributed by atoms with Gasteiger partial charge in [0.15, 0.2) is 11.6 Å². The summed E-state index contributed by atoms with van der Waals surface area (Å²) in [4.78, 5) is 58.6. The van der Waals surface area contributed by atoms with E-state index in [1.54, 1.807) is 7.05 Å². The first kappa shape index (κ1) is 103. The van der Waals surface area contributed by atoms with Crippen LogP contribution in [0.3, 0.4) is 0 Å². The molecule has 16 aliphatic rings. The lowest BCUT2D eigenvalue weighted by Gasteiger charge is -2.64. The highest BCUT2D eigenvalue weighted by atomic mass is 35.5. The Morgan fingerprint density at radius 2 is 0.773 bits per heavy atom. The maximum absolute atomic E-state index is 13.5. The van der Waals surface area contributed by atoms with Crippen LogP contribution in [0.15, 0.2) is 121 Å². The van der Waals surface area contributed by atoms with Crippen molar-refractivity contribution in [2.24, 2.45) is 86.9 Å². The maximum Gasteiger partial charge on any atom is 0.475 e. The number of alkyl halides is 3. The zero-order valence-electron chi connectivity index (χ0n) is 76.5. The van der Waals surface area contributed by atoms with Gasteiger partial charge in [-0.25, -0.2) is 26.3 Å². The highest BCUT2D eigenvalue weighted by Crippen LogP contribution is 2.69. The van der Waals surface area contributed by atoms with Gasteiger partial charge >= 0.3 is 40.6 Å². The third-order valence-corrected chi connectivity index (χ3v) is 32.5. The Hall–Kier alpha value is -5.45. The van der Waals surface area contributed by atoms with E-state index < -0.39 is 82.4 Å². The zero-order valence-corrected chi connectivity index (χ0v) is 78.9. The Kier molecular flexibility index (Phi) is 34.0. The molecule has 4 aromatic rings. The molecule has 13 saturated carbocycles. The SMILES string of the molecule is CC1(C)[C@@H]2C[C@H]3OB([C@@H](CC(=O)C(Cc4ccccc4)NS(C)(=O)=O)CC4CC4)O[C@@]3(C)[C@H]1C2.CC1(C)[C@@H]2C[C@H]3OB([C@@H](CC(=O)C(N)Cc4ccccc4)CC4CC4)O[C@@]3(C)[C@H]1C2.CC1(C)[C@@H]2C[C@H]3OB([C@@H](N)CC4CC4)O[C@@]3(C)[C@H]1C2.CNC(Cc1ccccc1)C(=O)O.CS(=O)(=O)NC(Cc1ccccc1)C(=O)C[C@@H](CC1CC1)B(O)O.O=C([O-])C(F)(F)F.[Cl-]. The van der Waals surface area contributed by atoms with Crippen LogP contribution in [0, 0.1) is 75.4 Å². The van der Waals surface area contributed by atoms with Crippen molar-refractivity contribution < 1.29 is 115 Å². The summed E-state index contributed by atoms with van der Waals surface area (Å²) in [6.45, 7) is 21.0. The van der Waals surface area contributed by atoms with E-state index in [1.807, 2.05) is 121 Å². The van der Waals surface area contributed by atoms with E-state index in [1.165, 1.54) is 57.8 Å². The first-order chi connectivity index (χ1) is 59.6. The summed E-state index contributed by atoms with van der Waals surface area (Å²) in [5, 5.41) is 39.3. The second kappa shape index (κ2) is 42.2. The Bertz CT molecular complexity index is 4610. The smallest absolute Gasteiger partial charge is 0.475 e. The zero-order chi connectivity index (χ0) is 92.3. The van der Waals surface area contributed by atoms with Crippen LogP contribution in [0.1, 0.15) is 219 Å². The molecule has 4 aromatic carbocycles. The van der Waals surface area contributed by atoms with Crippen molar-refractivity contribution in [1.29, 1.82) is 0 Å². The lowest BCUT2D eigenvalue weighted by molar-refractivity contribution is -0.344. The van der Waals surface area contributed by atoms with Crippen molar-refractivity contribution in [3.63, 3.8) is 0 Å². The van der Waals surface area contributed by atoms with Crippen molar-refractivity contribution in [3.05, 3.63) is 144 Å². The molecule has 128 heavy (non-hydrogen) atoms. The Morgan fingerprint density at radius 3 is 1.08 bits per heavy atom. The van der Waals surface area contributed by atoms with Gasteiger partial charge in [0.2, 0.25) is 20.0 Å². The highest BCUT2D eigenvalue weighted by molar-refractivity contribution is 7.89. The number of Topliss-reactive ketones (excluding diaryl/α,β-unsaturated/α-hetero) is 3. The van der Waals surface area contributed by atoms with Gasteiger partial charge in [0, 0.05) is 42.7 Å². The molecule has 24 nitrogen and oxygen atoms in total. The average Bonchev–Trinajstić information content (AvgIpc) is 1.42. The summed E-state index contributed by atoms with van der Waals surface area (Å²) in [6, 6.07) is 35.7. The maximum atomic E-state index is 13.5. The molecular formula is C94H137B4ClF3N5O19S2-2. The number of carboxylic acids is 2. The average molecular weight is 1840 g/mol. The monoisotopic (exact) mass is 1840 g/mol. The molecule has 0 radical (unpaired) electrons. The number of aliphatic carboxylic acids is 2. The predicted molar refractivity (Wildman–Crippen MR) is 482 cm³/mol. The van der Waals surface area contributed by atoms with E-state index in [-0.39, 0.29) is 121 Å². The summed E-state index contributed by atoms with van der Waals surface area (Å²) in [6.07, 6.45) is 20.2. The van der Waals surface area contributed by atoms with E-state index >= 15 is 0 Å². The van der Waals surface area contributed by atoms with Crippen molar-refractivity contribution in [1.82, 2.24) is 14.8 Å². The van der Waals surface area contributed by atoms with Crippen LogP contribution in [0.5, 0.6) is 0 Å². The molecule has 6 bridgehead atoms. The minimum atomic E-state index is -5.19. The summed E-state index contributed by atoms with van der Waals surface area (Å²) in [5.74, 6) is 2.02. The van der Waals surface area contributed by atoms with Gasteiger partial charge < -0.3 is 82.2 Å². The van der Waals surface area contributed by atoms with Crippen molar-refractivity contribution >= 4 is 77.8 Å². The molecular weight excluding hydrogens is 1700 g/mol.